The molecule has 0 aliphatic heterocycles. The maximum atomic E-state index is 13.3. The summed E-state index contributed by atoms with van der Waals surface area (Å²) >= 11 is 0. The molecular formula is C12H14ClF2N3. The summed E-state index contributed by atoms with van der Waals surface area (Å²) in [7, 11) is 1.83. The Kier molecular flexibility index (Phi) is 5.25. The van der Waals surface area contributed by atoms with Crippen molar-refractivity contribution in [2.45, 2.75) is 13.1 Å². The summed E-state index contributed by atoms with van der Waals surface area (Å²) in [6, 6.07) is 6.03. The lowest BCUT2D eigenvalue weighted by atomic mass is 10.2. The summed E-state index contributed by atoms with van der Waals surface area (Å²) < 4.78 is 27.9. The van der Waals surface area contributed by atoms with Crippen molar-refractivity contribution in [1.29, 1.82) is 0 Å². The average Bonchev–Trinajstić information content (AvgIpc) is 2.70. The van der Waals surface area contributed by atoms with Crippen LogP contribution in [0.4, 0.5) is 8.78 Å². The molecule has 0 unspecified atom stereocenters. The minimum atomic E-state index is -0.817. The van der Waals surface area contributed by atoms with Gasteiger partial charge in [0.15, 0.2) is 11.6 Å². The van der Waals surface area contributed by atoms with Crippen molar-refractivity contribution >= 4 is 12.4 Å². The highest BCUT2D eigenvalue weighted by Gasteiger charge is 2.06. The summed E-state index contributed by atoms with van der Waals surface area (Å²) in [6.07, 6.45) is 1.83. The van der Waals surface area contributed by atoms with Gasteiger partial charge in [0.1, 0.15) is 0 Å². The number of aromatic nitrogens is 2. The Morgan fingerprint density at radius 3 is 2.67 bits per heavy atom. The Hall–Kier alpha value is -1.46. The number of rotatable bonds is 4. The van der Waals surface area contributed by atoms with Gasteiger partial charge in [0, 0.05) is 31.9 Å². The number of hydrogen-bond donors (Lipinski definition) is 1. The summed E-state index contributed by atoms with van der Waals surface area (Å²) in [5.41, 5.74) is 1.19. The van der Waals surface area contributed by atoms with Gasteiger partial charge >= 0.3 is 0 Å². The summed E-state index contributed by atoms with van der Waals surface area (Å²) in [6.45, 7) is 0.803. The average molecular weight is 274 g/mol. The Balaban J connectivity index is 0.00000162. The maximum Gasteiger partial charge on any atom is 0.163 e. The van der Waals surface area contributed by atoms with Gasteiger partial charge in [-0.05, 0) is 12.1 Å². The van der Waals surface area contributed by atoms with E-state index in [4.69, 9.17) is 0 Å². The molecule has 0 bridgehead atoms. The van der Waals surface area contributed by atoms with E-state index in [1.807, 2.05) is 19.3 Å². The van der Waals surface area contributed by atoms with Crippen molar-refractivity contribution in [2.24, 2.45) is 7.05 Å². The molecule has 0 fully saturated rings. The lowest BCUT2D eigenvalue weighted by Gasteiger charge is -2.04. The first kappa shape index (κ1) is 14.6. The minimum Gasteiger partial charge on any atom is -0.307 e. The largest absolute Gasteiger partial charge is 0.307 e. The van der Waals surface area contributed by atoms with E-state index >= 15 is 0 Å². The van der Waals surface area contributed by atoms with Crippen molar-refractivity contribution in [3.05, 3.63) is 53.4 Å². The normalized spacial score (nSPS) is 10.2. The number of halogens is 3. The van der Waals surface area contributed by atoms with Crippen LogP contribution in [0.25, 0.3) is 0 Å². The lowest BCUT2D eigenvalue weighted by Crippen LogP contribution is -2.14. The van der Waals surface area contributed by atoms with E-state index in [-0.39, 0.29) is 19.0 Å². The number of aryl methyl sites for hydroxylation is 1. The number of hydrogen-bond acceptors (Lipinski definition) is 2. The fourth-order valence-corrected chi connectivity index (χ4v) is 1.57. The summed E-state index contributed by atoms with van der Waals surface area (Å²) in [5.74, 6) is -1.61. The first-order valence-electron chi connectivity index (χ1n) is 5.29. The predicted octanol–water partition coefficient (Wildman–Crippen LogP) is 2.41. The first-order valence-corrected chi connectivity index (χ1v) is 5.29. The summed E-state index contributed by atoms with van der Waals surface area (Å²) in [5, 5.41) is 7.19. The van der Waals surface area contributed by atoms with E-state index in [0.717, 1.165) is 11.8 Å². The first-order chi connectivity index (χ1) is 8.16. The molecule has 1 N–H and O–H groups in total. The minimum absolute atomic E-state index is 0. The molecule has 18 heavy (non-hydrogen) atoms. The SMILES string of the molecule is Cl.Cn1ccc(CNCc2cccc(F)c2F)n1. The lowest BCUT2D eigenvalue weighted by molar-refractivity contribution is 0.492. The van der Waals surface area contributed by atoms with E-state index < -0.39 is 11.6 Å². The van der Waals surface area contributed by atoms with E-state index in [1.54, 1.807) is 10.7 Å². The highest BCUT2D eigenvalue weighted by atomic mass is 35.5. The monoisotopic (exact) mass is 273 g/mol. The zero-order valence-corrected chi connectivity index (χ0v) is 10.7. The van der Waals surface area contributed by atoms with Gasteiger partial charge in [-0.1, -0.05) is 12.1 Å². The molecule has 0 aliphatic rings. The Morgan fingerprint density at radius 2 is 2.00 bits per heavy atom. The van der Waals surface area contributed by atoms with Gasteiger partial charge in [-0.25, -0.2) is 8.78 Å². The van der Waals surface area contributed by atoms with Crippen LogP contribution in [-0.4, -0.2) is 9.78 Å². The molecule has 1 heterocycles. The second-order valence-corrected chi connectivity index (χ2v) is 3.80. The van der Waals surface area contributed by atoms with Crippen LogP contribution in [0.2, 0.25) is 0 Å². The van der Waals surface area contributed by atoms with Crippen LogP contribution in [0.15, 0.2) is 30.5 Å². The van der Waals surface area contributed by atoms with Crippen LogP contribution in [0.3, 0.4) is 0 Å². The maximum absolute atomic E-state index is 13.3. The molecule has 6 heteroatoms. The molecule has 2 rings (SSSR count). The molecule has 1 aromatic carbocycles. The second kappa shape index (κ2) is 6.47. The molecule has 0 saturated carbocycles. The van der Waals surface area contributed by atoms with Crippen LogP contribution in [-0.2, 0) is 20.1 Å². The topological polar surface area (TPSA) is 29.9 Å². The van der Waals surface area contributed by atoms with Crippen molar-refractivity contribution in [2.75, 3.05) is 0 Å². The Bertz CT molecular complexity index is 514. The van der Waals surface area contributed by atoms with Gasteiger partial charge in [-0.15, -0.1) is 12.4 Å². The van der Waals surface area contributed by atoms with Crippen molar-refractivity contribution in [3.63, 3.8) is 0 Å². The van der Waals surface area contributed by atoms with Gasteiger partial charge in [0.05, 0.1) is 5.69 Å². The Morgan fingerprint density at radius 1 is 1.22 bits per heavy atom. The molecule has 0 aliphatic carbocycles. The zero-order valence-electron chi connectivity index (χ0n) is 9.86. The quantitative estimate of drug-likeness (QED) is 0.927. The van der Waals surface area contributed by atoms with Crippen LogP contribution in [0.5, 0.6) is 0 Å². The number of nitrogens with zero attached hydrogens (tertiary/aromatic N) is 2. The third-order valence-corrected chi connectivity index (χ3v) is 2.42. The molecule has 3 nitrogen and oxygen atoms in total. The third kappa shape index (κ3) is 3.51. The van der Waals surface area contributed by atoms with Crippen molar-refractivity contribution < 1.29 is 8.78 Å². The van der Waals surface area contributed by atoms with E-state index in [2.05, 4.69) is 10.4 Å². The fraction of sp³-hybridized carbons (Fsp3) is 0.250. The van der Waals surface area contributed by atoms with Gasteiger partial charge in [-0.2, -0.15) is 5.10 Å². The molecule has 0 amide bonds. The Labute approximate surface area is 110 Å². The molecule has 0 atom stereocenters. The smallest absolute Gasteiger partial charge is 0.163 e. The van der Waals surface area contributed by atoms with Crippen molar-refractivity contribution in [1.82, 2.24) is 15.1 Å². The predicted molar refractivity (Wildman–Crippen MR) is 67.4 cm³/mol. The van der Waals surface area contributed by atoms with Gasteiger partial charge in [-0.3, -0.25) is 4.68 Å². The molecule has 0 saturated heterocycles. The van der Waals surface area contributed by atoms with E-state index in [9.17, 15) is 8.78 Å². The van der Waals surface area contributed by atoms with E-state index in [0.29, 0.717) is 12.1 Å². The highest BCUT2D eigenvalue weighted by molar-refractivity contribution is 5.85. The van der Waals surface area contributed by atoms with E-state index in [1.165, 1.54) is 6.07 Å². The van der Waals surface area contributed by atoms with Crippen LogP contribution >= 0.6 is 12.4 Å². The molecular weight excluding hydrogens is 260 g/mol. The van der Waals surface area contributed by atoms with Crippen LogP contribution < -0.4 is 5.32 Å². The summed E-state index contributed by atoms with van der Waals surface area (Å²) in [4.78, 5) is 0. The molecule has 2 aromatic rings. The van der Waals surface area contributed by atoms with Gasteiger partial charge in [0.2, 0.25) is 0 Å². The number of nitrogens with one attached hydrogen (secondary N) is 1. The zero-order chi connectivity index (χ0) is 12.3. The molecule has 0 spiro atoms. The standard InChI is InChI=1S/C12H13F2N3.ClH/c1-17-6-5-10(16-17)8-15-7-9-3-2-4-11(13)12(9)14;/h2-6,15H,7-8H2,1H3;1H. The van der Waals surface area contributed by atoms with Crippen LogP contribution in [0, 0.1) is 11.6 Å². The van der Waals surface area contributed by atoms with Crippen LogP contribution in [0.1, 0.15) is 11.3 Å². The van der Waals surface area contributed by atoms with Gasteiger partial charge in [0.25, 0.3) is 0 Å². The highest BCUT2D eigenvalue weighted by Crippen LogP contribution is 2.10. The van der Waals surface area contributed by atoms with Crippen molar-refractivity contribution in [3.8, 4) is 0 Å². The number of benzene rings is 1. The fourth-order valence-electron chi connectivity index (χ4n) is 1.57. The molecule has 0 radical (unpaired) electrons. The third-order valence-electron chi connectivity index (χ3n) is 2.42. The molecule has 1 aromatic heterocycles. The van der Waals surface area contributed by atoms with Gasteiger partial charge < -0.3 is 5.32 Å². The second-order valence-electron chi connectivity index (χ2n) is 3.80. The molecule has 98 valence electrons.